The second-order valence-electron chi connectivity index (χ2n) is 6.50. The highest BCUT2D eigenvalue weighted by atomic mass is 29.6. The van der Waals surface area contributed by atoms with Crippen molar-refractivity contribution in [3.05, 3.63) is 12.7 Å². The zero-order valence-electron chi connectivity index (χ0n) is 12.7. The molecule has 0 atom stereocenters. The molecule has 1 N–H and O–H groups in total. The molecule has 1 aliphatic heterocycles. The zero-order chi connectivity index (χ0) is 14.6. The van der Waals surface area contributed by atoms with Gasteiger partial charge in [-0.2, -0.15) is 0 Å². The molecule has 0 amide bonds. The molecule has 1 rings (SSSR count). The van der Waals surface area contributed by atoms with Gasteiger partial charge in [-0.05, 0) is 19.1 Å². The predicted octanol–water partition coefficient (Wildman–Crippen LogP) is 3.44. The van der Waals surface area contributed by atoms with E-state index in [1.807, 2.05) is 0 Å². The van der Waals surface area contributed by atoms with Crippen LogP contribution in [-0.2, 0) is 9.22 Å². The first-order valence-electron chi connectivity index (χ1n) is 6.44. The van der Waals surface area contributed by atoms with Gasteiger partial charge in [0.05, 0.1) is 13.5 Å². The third kappa shape index (κ3) is 4.18. The SMILES string of the molecule is C=CCC(=O)O.C[Si]1(C)CCO[Si](C)(C)[Si]1(C)C. The van der Waals surface area contributed by atoms with E-state index in [1.54, 1.807) is 0 Å². The van der Waals surface area contributed by atoms with Crippen molar-refractivity contribution in [2.75, 3.05) is 6.61 Å². The van der Waals surface area contributed by atoms with E-state index >= 15 is 0 Å². The van der Waals surface area contributed by atoms with Gasteiger partial charge in [0.25, 0.3) is 0 Å². The Kier molecular flexibility index (Phi) is 6.25. The Morgan fingerprint density at radius 3 is 2.00 bits per heavy atom. The molecule has 0 aromatic rings. The summed E-state index contributed by atoms with van der Waals surface area (Å²) in [5, 5.41) is 7.84. The molecule has 0 unspecified atom stereocenters. The number of carbonyl (C=O) groups is 1. The predicted molar refractivity (Wildman–Crippen MR) is 85.7 cm³/mol. The molecule has 0 spiro atoms. The Bertz CT molecular complexity index is 294. The van der Waals surface area contributed by atoms with Gasteiger partial charge in [-0.15, -0.1) is 6.58 Å². The highest BCUT2D eigenvalue weighted by Gasteiger charge is 2.55. The smallest absolute Gasteiger partial charge is 0.307 e. The fourth-order valence-electron chi connectivity index (χ4n) is 1.99. The number of aliphatic carboxylic acids is 1. The lowest BCUT2D eigenvalue weighted by atomic mass is 10.4. The van der Waals surface area contributed by atoms with Gasteiger partial charge in [-0.25, -0.2) is 0 Å². The second kappa shape index (κ2) is 6.31. The average Bonchev–Trinajstić information content (AvgIpc) is 2.15. The largest absolute Gasteiger partial charge is 0.481 e. The Morgan fingerprint density at radius 1 is 1.28 bits per heavy atom. The minimum Gasteiger partial charge on any atom is -0.481 e. The van der Waals surface area contributed by atoms with Crippen molar-refractivity contribution < 1.29 is 14.3 Å². The summed E-state index contributed by atoms with van der Waals surface area (Å²) < 4.78 is 6.05. The van der Waals surface area contributed by atoms with E-state index in [1.165, 1.54) is 12.1 Å². The van der Waals surface area contributed by atoms with Crippen molar-refractivity contribution in [1.82, 2.24) is 0 Å². The van der Waals surface area contributed by atoms with Crippen LogP contribution in [0.15, 0.2) is 12.7 Å². The van der Waals surface area contributed by atoms with Crippen LogP contribution in [0.2, 0.25) is 45.3 Å². The van der Waals surface area contributed by atoms with Gasteiger partial charge in [0.1, 0.15) is 0 Å². The molecule has 18 heavy (non-hydrogen) atoms. The lowest BCUT2D eigenvalue weighted by Crippen LogP contribution is -2.74. The number of hydrogen-bond acceptors (Lipinski definition) is 2. The molecule has 1 fully saturated rings. The van der Waals surface area contributed by atoms with Crippen LogP contribution in [0.5, 0.6) is 0 Å². The van der Waals surface area contributed by atoms with Crippen LogP contribution in [0.1, 0.15) is 6.42 Å². The molecular weight excluding hydrogens is 276 g/mol. The van der Waals surface area contributed by atoms with Crippen LogP contribution in [0.4, 0.5) is 0 Å². The summed E-state index contributed by atoms with van der Waals surface area (Å²) in [4.78, 5) is 9.53. The van der Waals surface area contributed by atoms with Crippen LogP contribution in [-0.4, -0.2) is 40.2 Å². The standard InChI is InChI=1S/C8H22OSi3.C4H6O2/c1-10(2)8-7-9-11(3,4)12(10,5)6;1-2-3-4(5)6/h7-8H2,1-6H3;2H,1,3H2,(H,5,6). The van der Waals surface area contributed by atoms with Gasteiger partial charge in [0.15, 0.2) is 7.83 Å². The van der Waals surface area contributed by atoms with Gasteiger partial charge in [0.2, 0.25) is 0 Å². The summed E-state index contributed by atoms with van der Waals surface area (Å²) >= 11 is 0. The van der Waals surface area contributed by atoms with Crippen LogP contribution in [0, 0.1) is 0 Å². The molecule has 1 aliphatic rings. The second-order valence-corrected chi connectivity index (χ2v) is 34.0. The summed E-state index contributed by atoms with van der Waals surface area (Å²) in [7, 11) is -3.12. The minimum atomic E-state index is -1.25. The maximum atomic E-state index is 9.53. The normalized spacial score (nSPS) is 23.4. The summed E-state index contributed by atoms with van der Waals surface area (Å²) in [6.07, 6.45) is 1.41. The van der Waals surface area contributed by atoms with Crippen LogP contribution in [0.25, 0.3) is 0 Å². The molecular formula is C12H28O3Si3. The number of carboxylic acid groups (broad SMARTS) is 1. The molecule has 106 valence electrons. The van der Waals surface area contributed by atoms with E-state index in [-0.39, 0.29) is 6.42 Å². The summed E-state index contributed by atoms with van der Waals surface area (Å²) in [5.74, 6) is -0.829. The van der Waals surface area contributed by atoms with E-state index in [0.29, 0.717) is 0 Å². The zero-order valence-corrected chi connectivity index (χ0v) is 15.7. The highest BCUT2D eigenvalue weighted by Crippen LogP contribution is 2.36. The third-order valence-corrected chi connectivity index (χ3v) is 45.4. The molecule has 0 radical (unpaired) electrons. The number of rotatable bonds is 2. The first-order valence-corrected chi connectivity index (χ1v) is 17.6. The van der Waals surface area contributed by atoms with Crippen molar-refractivity contribution in [2.45, 2.75) is 51.7 Å². The highest BCUT2D eigenvalue weighted by molar-refractivity contribution is 7.67. The number of carboxylic acids is 1. The van der Waals surface area contributed by atoms with Crippen molar-refractivity contribution in [2.24, 2.45) is 0 Å². The molecule has 1 saturated heterocycles. The van der Waals surface area contributed by atoms with Gasteiger partial charge < -0.3 is 9.53 Å². The minimum absolute atomic E-state index is 0.0556. The summed E-state index contributed by atoms with van der Waals surface area (Å²) in [5.41, 5.74) is 0. The number of hydrogen-bond donors (Lipinski definition) is 1. The van der Waals surface area contributed by atoms with Crippen molar-refractivity contribution in [3.8, 4) is 0 Å². The summed E-state index contributed by atoms with van der Waals surface area (Å²) in [6.45, 7) is 19.5. The lowest BCUT2D eigenvalue weighted by molar-refractivity contribution is -0.135. The van der Waals surface area contributed by atoms with E-state index in [9.17, 15) is 4.79 Å². The fourth-order valence-corrected chi connectivity index (χ4v) is 30.9. The lowest BCUT2D eigenvalue weighted by Gasteiger charge is -2.51. The van der Waals surface area contributed by atoms with Crippen LogP contribution >= 0.6 is 0 Å². The van der Waals surface area contributed by atoms with E-state index in [0.717, 1.165) is 6.61 Å². The summed E-state index contributed by atoms with van der Waals surface area (Å²) in [6, 6.07) is 1.41. The van der Waals surface area contributed by atoms with E-state index in [4.69, 9.17) is 9.53 Å². The fraction of sp³-hybridized carbons (Fsp3) is 0.750. The molecule has 0 bridgehead atoms. The molecule has 0 aromatic carbocycles. The Hall–Kier alpha value is -0.179. The topological polar surface area (TPSA) is 46.5 Å². The Balaban J connectivity index is 0.000000411. The maximum absolute atomic E-state index is 9.53. The van der Waals surface area contributed by atoms with E-state index < -0.39 is 28.5 Å². The average molecular weight is 305 g/mol. The van der Waals surface area contributed by atoms with Crippen LogP contribution in [0.3, 0.4) is 0 Å². The molecule has 1 heterocycles. The maximum Gasteiger partial charge on any atom is 0.307 e. The first kappa shape index (κ1) is 17.8. The van der Waals surface area contributed by atoms with Gasteiger partial charge in [0, 0.05) is 14.2 Å². The van der Waals surface area contributed by atoms with E-state index in [2.05, 4.69) is 45.9 Å². The van der Waals surface area contributed by atoms with Crippen molar-refractivity contribution in [1.29, 1.82) is 0 Å². The quantitative estimate of drug-likeness (QED) is 0.628. The van der Waals surface area contributed by atoms with Crippen LogP contribution < -0.4 is 0 Å². The Labute approximate surface area is 114 Å². The molecule has 3 nitrogen and oxygen atoms in total. The van der Waals surface area contributed by atoms with Gasteiger partial charge >= 0.3 is 5.97 Å². The van der Waals surface area contributed by atoms with Crippen molar-refractivity contribution in [3.63, 3.8) is 0 Å². The molecule has 0 aliphatic carbocycles. The molecule has 6 heteroatoms. The Morgan fingerprint density at radius 2 is 1.78 bits per heavy atom. The van der Waals surface area contributed by atoms with Gasteiger partial charge in [-0.3, -0.25) is 4.79 Å². The third-order valence-electron chi connectivity index (χ3n) is 4.71. The first-order chi connectivity index (χ1) is 7.98. The monoisotopic (exact) mass is 304 g/mol. The van der Waals surface area contributed by atoms with Crippen molar-refractivity contribution >= 4 is 28.5 Å². The molecule has 0 saturated carbocycles. The molecule has 0 aromatic heterocycles. The van der Waals surface area contributed by atoms with Gasteiger partial charge in [-0.1, -0.05) is 32.3 Å².